The van der Waals surface area contributed by atoms with Crippen LogP contribution in [-0.2, 0) is 0 Å². The molecule has 3 N–H and O–H groups in total. The van der Waals surface area contributed by atoms with Crippen LogP contribution in [-0.4, -0.2) is 39.0 Å². The van der Waals surface area contributed by atoms with Crippen molar-refractivity contribution in [3.05, 3.63) is 91.0 Å². The molecule has 37 heavy (non-hydrogen) atoms. The Balaban J connectivity index is 1.24. The smallest absolute Gasteiger partial charge is 0.157 e. The lowest BCUT2D eigenvalue weighted by molar-refractivity contribution is 1.13. The topological polar surface area (TPSA) is 94.6 Å². The maximum absolute atomic E-state index is 4.78. The highest BCUT2D eigenvalue weighted by atomic mass is 15.1. The number of rotatable bonds is 6. The summed E-state index contributed by atoms with van der Waals surface area (Å²) in [6, 6.07) is 22.4. The van der Waals surface area contributed by atoms with E-state index in [1.807, 2.05) is 69.7 Å². The summed E-state index contributed by atoms with van der Waals surface area (Å²) < 4.78 is 0. The second kappa shape index (κ2) is 9.23. The van der Waals surface area contributed by atoms with E-state index < -0.39 is 0 Å². The van der Waals surface area contributed by atoms with Crippen molar-refractivity contribution < 1.29 is 0 Å². The van der Waals surface area contributed by atoms with Crippen LogP contribution in [0, 0.1) is 6.92 Å². The zero-order chi connectivity index (χ0) is 25.4. The molecular formula is C29H26N8. The van der Waals surface area contributed by atoms with E-state index in [1.54, 1.807) is 12.4 Å². The van der Waals surface area contributed by atoms with Crippen LogP contribution in [0.2, 0.25) is 0 Å². The van der Waals surface area contributed by atoms with Gasteiger partial charge in [-0.1, -0.05) is 0 Å². The fourth-order valence-electron chi connectivity index (χ4n) is 4.28. The molecule has 0 fully saturated rings. The van der Waals surface area contributed by atoms with Crippen LogP contribution in [0.5, 0.6) is 0 Å². The lowest BCUT2D eigenvalue weighted by Crippen LogP contribution is -2.08. The Kier molecular flexibility index (Phi) is 5.61. The van der Waals surface area contributed by atoms with Gasteiger partial charge in [-0.05, 0) is 73.7 Å². The van der Waals surface area contributed by atoms with Crippen molar-refractivity contribution in [2.75, 3.05) is 29.6 Å². The van der Waals surface area contributed by atoms with E-state index in [0.717, 1.165) is 67.6 Å². The monoisotopic (exact) mass is 486 g/mol. The summed E-state index contributed by atoms with van der Waals surface area (Å²) in [5.41, 5.74) is 9.40. The van der Waals surface area contributed by atoms with Crippen LogP contribution in [0.3, 0.4) is 0 Å². The second-order valence-electron chi connectivity index (χ2n) is 9.14. The van der Waals surface area contributed by atoms with Crippen LogP contribution >= 0.6 is 0 Å². The molecule has 0 unspecified atom stereocenters. The Morgan fingerprint density at radius 2 is 1.57 bits per heavy atom. The Morgan fingerprint density at radius 1 is 0.730 bits per heavy atom. The van der Waals surface area contributed by atoms with Crippen LogP contribution in [0.1, 0.15) is 5.69 Å². The molecule has 8 nitrogen and oxygen atoms in total. The highest BCUT2D eigenvalue weighted by Crippen LogP contribution is 2.30. The van der Waals surface area contributed by atoms with Crippen molar-refractivity contribution in [1.29, 1.82) is 0 Å². The molecule has 6 aromatic rings. The van der Waals surface area contributed by atoms with Gasteiger partial charge in [0, 0.05) is 65.9 Å². The second-order valence-corrected chi connectivity index (χ2v) is 9.14. The Bertz CT molecular complexity index is 1720. The van der Waals surface area contributed by atoms with Crippen molar-refractivity contribution >= 4 is 50.5 Å². The number of hydrogen-bond donors (Lipinski definition) is 3. The van der Waals surface area contributed by atoms with Crippen molar-refractivity contribution in [1.82, 2.24) is 24.9 Å². The fourth-order valence-corrected chi connectivity index (χ4v) is 4.28. The number of fused-ring (bicyclic) bond motifs is 2. The van der Waals surface area contributed by atoms with Gasteiger partial charge in [0.25, 0.3) is 0 Å². The summed E-state index contributed by atoms with van der Waals surface area (Å²) in [4.78, 5) is 23.5. The number of aromatic nitrogens is 5. The average Bonchev–Trinajstić information content (AvgIpc) is 3.32. The van der Waals surface area contributed by atoms with E-state index in [1.165, 1.54) is 0 Å². The van der Waals surface area contributed by atoms with Gasteiger partial charge in [0.15, 0.2) is 5.65 Å². The molecular weight excluding hydrogens is 460 g/mol. The van der Waals surface area contributed by atoms with Gasteiger partial charge in [0.2, 0.25) is 0 Å². The number of hydrogen-bond acceptors (Lipinski definition) is 7. The van der Waals surface area contributed by atoms with Crippen molar-refractivity contribution in [3.8, 4) is 11.4 Å². The molecule has 0 saturated carbocycles. The molecule has 0 aliphatic heterocycles. The maximum atomic E-state index is 4.78. The van der Waals surface area contributed by atoms with Gasteiger partial charge in [-0.25, -0.2) is 9.97 Å². The van der Waals surface area contributed by atoms with Crippen molar-refractivity contribution in [2.24, 2.45) is 0 Å². The Hall–Kier alpha value is -4.98. The number of aryl methyl sites for hydroxylation is 1. The summed E-state index contributed by atoms with van der Waals surface area (Å²) in [5.74, 6) is 0.774. The van der Waals surface area contributed by atoms with Crippen LogP contribution in [0.25, 0.3) is 33.5 Å². The summed E-state index contributed by atoms with van der Waals surface area (Å²) in [7, 11) is 4.08. The number of pyridine rings is 3. The van der Waals surface area contributed by atoms with E-state index in [9.17, 15) is 0 Å². The first-order valence-corrected chi connectivity index (χ1v) is 12.0. The normalized spacial score (nSPS) is 11.1. The van der Waals surface area contributed by atoms with E-state index in [0.29, 0.717) is 0 Å². The molecule has 4 heterocycles. The summed E-state index contributed by atoms with van der Waals surface area (Å²) >= 11 is 0. The first-order valence-electron chi connectivity index (χ1n) is 12.0. The van der Waals surface area contributed by atoms with Crippen LogP contribution in [0.15, 0.2) is 85.3 Å². The van der Waals surface area contributed by atoms with E-state index in [2.05, 4.69) is 59.7 Å². The minimum Gasteiger partial charge on any atom is -0.378 e. The van der Waals surface area contributed by atoms with Crippen LogP contribution in [0.4, 0.5) is 28.4 Å². The molecule has 4 aromatic heterocycles. The third kappa shape index (κ3) is 4.64. The van der Waals surface area contributed by atoms with Gasteiger partial charge in [0.1, 0.15) is 11.3 Å². The van der Waals surface area contributed by atoms with Gasteiger partial charge in [0.05, 0.1) is 17.4 Å². The van der Waals surface area contributed by atoms with Gasteiger partial charge < -0.3 is 20.5 Å². The number of imidazole rings is 1. The van der Waals surface area contributed by atoms with Gasteiger partial charge in [-0.15, -0.1) is 0 Å². The molecule has 0 saturated heterocycles. The lowest BCUT2D eigenvalue weighted by Gasteiger charge is -2.15. The molecule has 0 aliphatic carbocycles. The molecule has 0 atom stereocenters. The van der Waals surface area contributed by atoms with Gasteiger partial charge in [-0.2, -0.15) is 0 Å². The first-order chi connectivity index (χ1) is 18.0. The highest BCUT2D eigenvalue weighted by Gasteiger charge is 2.09. The van der Waals surface area contributed by atoms with E-state index in [-0.39, 0.29) is 0 Å². The predicted molar refractivity (Wildman–Crippen MR) is 151 cm³/mol. The lowest BCUT2D eigenvalue weighted by atomic mass is 10.1. The number of benzene rings is 2. The molecule has 0 aliphatic rings. The molecule has 0 amide bonds. The van der Waals surface area contributed by atoms with Crippen molar-refractivity contribution in [3.63, 3.8) is 0 Å². The fraction of sp³-hybridized carbons (Fsp3) is 0.103. The largest absolute Gasteiger partial charge is 0.378 e. The number of H-pyrrole nitrogens is 1. The standard InChI is InChI=1S/C29H26N8/c1-18-14-21(10-12-30-18)33-22-15-27-29(32-17-22)36-28(35-27)19-4-6-20(7-5-19)34-26-11-13-31-25-9-8-23(37(2)3)16-24(25)26/h4-17H,1-3H3,(H,30,33)(H,31,34)(H,32,35,36). The Labute approximate surface area is 214 Å². The third-order valence-electron chi connectivity index (χ3n) is 6.20. The molecule has 0 spiro atoms. The number of nitrogens with zero attached hydrogens (tertiary/aromatic N) is 5. The highest BCUT2D eigenvalue weighted by molar-refractivity contribution is 5.95. The summed E-state index contributed by atoms with van der Waals surface area (Å²) in [6.45, 7) is 1.97. The summed E-state index contributed by atoms with van der Waals surface area (Å²) in [5, 5.41) is 7.98. The number of aromatic amines is 1. The minimum atomic E-state index is 0.744. The predicted octanol–water partition coefficient (Wildman–Crippen LogP) is 6.43. The minimum absolute atomic E-state index is 0.744. The van der Waals surface area contributed by atoms with E-state index >= 15 is 0 Å². The Morgan fingerprint density at radius 3 is 2.38 bits per heavy atom. The number of nitrogens with one attached hydrogen (secondary N) is 3. The van der Waals surface area contributed by atoms with E-state index in [4.69, 9.17) is 4.98 Å². The molecule has 8 heteroatoms. The van der Waals surface area contributed by atoms with Gasteiger partial charge >= 0.3 is 0 Å². The maximum Gasteiger partial charge on any atom is 0.157 e. The average molecular weight is 487 g/mol. The summed E-state index contributed by atoms with van der Waals surface area (Å²) in [6.07, 6.45) is 5.41. The quantitative estimate of drug-likeness (QED) is 0.250. The number of anilines is 5. The molecule has 0 bridgehead atoms. The van der Waals surface area contributed by atoms with Crippen molar-refractivity contribution in [2.45, 2.75) is 6.92 Å². The van der Waals surface area contributed by atoms with Crippen LogP contribution < -0.4 is 15.5 Å². The van der Waals surface area contributed by atoms with Gasteiger partial charge in [-0.3, -0.25) is 9.97 Å². The molecule has 0 radical (unpaired) electrons. The first kappa shape index (κ1) is 22.5. The molecule has 2 aromatic carbocycles. The third-order valence-corrected chi connectivity index (χ3v) is 6.20. The molecule has 182 valence electrons. The SMILES string of the molecule is Cc1cc(Nc2cnc3[nH]c(-c4ccc(Nc5ccnc6ccc(N(C)C)cc56)cc4)nc3c2)ccn1. The molecule has 6 rings (SSSR count). The zero-order valence-corrected chi connectivity index (χ0v) is 20.8. The zero-order valence-electron chi connectivity index (χ0n) is 20.8.